The predicted octanol–water partition coefficient (Wildman–Crippen LogP) is 4.67. The highest BCUT2D eigenvalue weighted by Gasteiger charge is 2.33. The number of halogens is 1. The van der Waals surface area contributed by atoms with Crippen LogP contribution in [0.25, 0.3) is 0 Å². The van der Waals surface area contributed by atoms with E-state index in [9.17, 15) is 9.18 Å². The number of carbonyl (C=O) groups excluding carboxylic acids is 1. The van der Waals surface area contributed by atoms with Gasteiger partial charge in [-0.1, -0.05) is 60.7 Å². The molecule has 0 aliphatic carbocycles. The zero-order valence-electron chi connectivity index (χ0n) is 15.0. The van der Waals surface area contributed by atoms with Crippen LogP contribution in [0.2, 0.25) is 0 Å². The summed E-state index contributed by atoms with van der Waals surface area (Å²) in [6.07, 6.45) is 2.96. The molecule has 28 heavy (non-hydrogen) atoms. The number of hydrogen-bond acceptors (Lipinski definition) is 3. The molecular weight excluding hydrogens is 353 g/mol. The highest BCUT2D eigenvalue weighted by molar-refractivity contribution is 5.99. The molecule has 0 saturated heterocycles. The van der Waals surface area contributed by atoms with Gasteiger partial charge in [0, 0.05) is 11.5 Å². The quantitative estimate of drug-likeness (QED) is 0.463. The third-order valence-corrected chi connectivity index (χ3v) is 4.75. The second-order valence-corrected chi connectivity index (χ2v) is 6.49. The summed E-state index contributed by atoms with van der Waals surface area (Å²) in [5, 5.41) is 4.26. The van der Waals surface area contributed by atoms with Crippen LogP contribution in [-0.4, -0.2) is 20.5 Å². The predicted molar refractivity (Wildman–Crippen MR) is 105 cm³/mol. The fourth-order valence-corrected chi connectivity index (χ4v) is 3.45. The fourth-order valence-electron chi connectivity index (χ4n) is 3.45. The molecule has 0 saturated carbocycles. The molecule has 1 heterocycles. The Bertz CT molecular complexity index is 993. The minimum atomic E-state index is -0.655. The molecule has 138 valence electrons. The van der Waals surface area contributed by atoms with Crippen molar-refractivity contribution in [3.63, 3.8) is 0 Å². The fraction of sp³-hybridized carbons (Fsp3) is 0.0870. The van der Waals surface area contributed by atoms with E-state index in [0.29, 0.717) is 5.56 Å². The first-order valence-corrected chi connectivity index (χ1v) is 8.98. The largest absolute Gasteiger partial charge is 0.292 e. The number of ketones is 1. The van der Waals surface area contributed by atoms with E-state index in [1.165, 1.54) is 30.6 Å². The van der Waals surface area contributed by atoms with Crippen LogP contribution in [0, 0.1) is 5.82 Å². The summed E-state index contributed by atoms with van der Waals surface area (Å²) in [5.74, 6) is -0.804. The molecule has 4 rings (SSSR count). The maximum absolute atomic E-state index is 13.5. The Morgan fingerprint density at radius 2 is 1.39 bits per heavy atom. The zero-order chi connectivity index (χ0) is 19.3. The molecule has 0 N–H and O–H groups in total. The van der Waals surface area contributed by atoms with Crippen LogP contribution in [0.3, 0.4) is 0 Å². The smallest absolute Gasteiger partial charge is 0.188 e. The normalized spacial score (nSPS) is 12.1. The van der Waals surface area contributed by atoms with Gasteiger partial charge in [0.05, 0.1) is 0 Å². The minimum Gasteiger partial charge on any atom is -0.292 e. The van der Waals surface area contributed by atoms with Crippen LogP contribution in [0.15, 0.2) is 97.6 Å². The van der Waals surface area contributed by atoms with E-state index in [-0.39, 0.29) is 17.5 Å². The molecule has 4 nitrogen and oxygen atoms in total. The summed E-state index contributed by atoms with van der Waals surface area (Å²) in [6.45, 7) is 0. The number of aromatic nitrogens is 3. The molecule has 0 bridgehead atoms. The maximum Gasteiger partial charge on any atom is 0.188 e. The van der Waals surface area contributed by atoms with Gasteiger partial charge in [-0.2, -0.15) is 5.10 Å². The van der Waals surface area contributed by atoms with Gasteiger partial charge in [-0.25, -0.2) is 14.1 Å². The first-order chi connectivity index (χ1) is 13.7. The molecule has 0 aliphatic rings. The van der Waals surface area contributed by atoms with E-state index in [2.05, 4.69) is 10.1 Å². The van der Waals surface area contributed by atoms with Crippen LogP contribution in [0.4, 0.5) is 4.39 Å². The summed E-state index contributed by atoms with van der Waals surface area (Å²) >= 11 is 0. The number of hydrogen-bond donors (Lipinski definition) is 0. The second kappa shape index (κ2) is 7.96. The SMILES string of the molecule is O=C(c1ccc(F)cc1)C(C(c1ccccc1)c1ccccc1)n1cncn1. The molecule has 0 aliphatic heterocycles. The number of rotatable bonds is 6. The van der Waals surface area contributed by atoms with Gasteiger partial charge in [0.2, 0.25) is 0 Å². The first kappa shape index (κ1) is 17.8. The average molecular weight is 371 g/mol. The molecule has 5 heteroatoms. The highest BCUT2D eigenvalue weighted by Crippen LogP contribution is 2.37. The van der Waals surface area contributed by atoms with Crippen LogP contribution in [0.1, 0.15) is 33.4 Å². The molecule has 4 aromatic rings. The lowest BCUT2D eigenvalue weighted by molar-refractivity contribution is 0.0905. The Balaban J connectivity index is 1.87. The van der Waals surface area contributed by atoms with Crippen molar-refractivity contribution in [2.45, 2.75) is 12.0 Å². The summed E-state index contributed by atoms with van der Waals surface area (Å²) in [4.78, 5) is 17.6. The van der Waals surface area contributed by atoms with E-state index < -0.39 is 6.04 Å². The molecule has 0 amide bonds. The molecule has 0 radical (unpaired) electrons. The van der Waals surface area contributed by atoms with Crippen molar-refractivity contribution in [1.82, 2.24) is 14.8 Å². The van der Waals surface area contributed by atoms with Gasteiger partial charge >= 0.3 is 0 Å². The standard InChI is InChI=1S/C23H18FN3O/c24-20-13-11-19(12-14-20)23(28)22(27-16-25-15-26-27)21(17-7-3-1-4-8-17)18-9-5-2-6-10-18/h1-16,21-22H. The molecule has 1 atom stereocenters. The summed E-state index contributed by atoms with van der Waals surface area (Å²) in [5.41, 5.74) is 2.41. The van der Waals surface area contributed by atoms with Crippen molar-refractivity contribution in [2.75, 3.05) is 0 Å². The summed E-state index contributed by atoms with van der Waals surface area (Å²) in [7, 11) is 0. The van der Waals surface area contributed by atoms with Crippen LogP contribution < -0.4 is 0 Å². The Hall–Kier alpha value is -3.60. The van der Waals surface area contributed by atoms with Gasteiger partial charge in [-0.15, -0.1) is 0 Å². The monoisotopic (exact) mass is 371 g/mol. The molecule has 0 fully saturated rings. The van der Waals surface area contributed by atoms with Crippen molar-refractivity contribution in [3.8, 4) is 0 Å². The molecule has 0 spiro atoms. The lowest BCUT2D eigenvalue weighted by Crippen LogP contribution is -2.28. The number of benzene rings is 3. The van der Waals surface area contributed by atoms with Crippen molar-refractivity contribution in [1.29, 1.82) is 0 Å². The van der Waals surface area contributed by atoms with Gasteiger partial charge in [0.15, 0.2) is 5.78 Å². The summed E-state index contributed by atoms with van der Waals surface area (Å²) < 4.78 is 15.0. The Morgan fingerprint density at radius 1 is 0.821 bits per heavy atom. The van der Waals surface area contributed by atoms with E-state index in [1.54, 1.807) is 11.0 Å². The van der Waals surface area contributed by atoms with Crippen molar-refractivity contribution < 1.29 is 9.18 Å². The first-order valence-electron chi connectivity index (χ1n) is 8.98. The topological polar surface area (TPSA) is 47.8 Å². The Morgan fingerprint density at radius 3 is 1.89 bits per heavy atom. The van der Waals surface area contributed by atoms with Crippen LogP contribution >= 0.6 is 0 Å². The minimum absolute atomic E-state index is 0.150. The van der Waals surface area contributed by atoms with Crippen LogP contribution in [-0.2, 0) is 0 Å². The molecule has 1 unspecified atom stereocenters. The Kier molecular flexibility index (Phi) is 5.06. The number of nitrogens with zero attached hydrogens (tertiary/aromatic N) is 3. The second-order valence-electron chi connectivity index (χ2n) is 6.49. The summed E-state index contributed by atoms with van der Waals surface area (Å²) in [6, 6.07) is 24.6. The van der Waals surface area contributed by atoms with Gasteiger partial charge < -0.3 is 0 Å². The maximum atomic E-state index is 13.5. The lowest BCUT2D eigenvalue weighted by Gasteiger charge is -2.27. The Labute approximate surface area is 162 Å². The average Bonchev–Trinajstić information content (AvgIpc) is 3.27. The van der Waals surface area contributed by atoms with E-state index in [0.717, 1.165) is 11.1 Å². The van der Waals surface area contributed by atoms with Crippen molar-refractivity contribution >= 4 is 5.78 Å². The van der Waals surface area contributed by atoms with Gasteiger partial charge in [-0.05, 0) is 35.4 Å². The van der Waals surface area contributed by atoms with E-state index in [4.69, 9.17) is 0 Å². The molecule has 1 aromatic heterocycles. The molecular formula is C23H18FN3O. The zero-order valence-corrected chi connectivity index (χ0v) is 15.0. The third-order valence-electron chi connectivity index (χ3n) is 4.75. The van der Waals surface area contributed by atoms with Crippen molar-refractivity contribution in [3.05, 3.63) is 120 Å². The highest BCUT2D eigenvalue weighted by atomic mass is 19.1. The van der Waals surface area contributed by atoms with Gasteiger partial charge in [-0.3, -0.25) is 4.79 Å². The van der Waals surface area contributed by atoms with E-state index in [1.807, 2.05) is 60.7 Å². The van der Waals surface area contributed by atoms with Gasteiger partial charge in [0.25, 0.3) is 0 Å². The number of Topliss-reactive ketones (excluding diaryl/α,β-unsaturated/α-hetero) is 1. The lowest BCUT2D eigenvalue weighted by atomic mass is 9.81. The van der Waals surface area contributed by atoms with Gasteiger partial charge in [0.1, 0.15) is 24.5 Å². The van der Waals surface area contributed by atoms with Crippen LogP contribution in [0.5, 0.6) is 0 Å². The molecule has 3 aromatic carbocycles. The van der Waals surface area contributed by atoms with E-state index >= 15 is 0 Å². The third kappa shape index (κ3) is 3.60. The number of carbonyl (C=O) groups is 1. The van der Waals surface area contributed by atoms with Crippen molar-refractivity contribution in [2.24, 2.45) is 0 Å².